The Labute approximate surface area is 94.0 Å². The third kappa shape index (κ3) is 1.67. The van der Waals surface area contributed by atoms with Crippen LogP contribution in [-0.4, -0.2) is 9.90 Å². The fourth-order valence-corrected chi connectivity index (χ4v) is 2.09. The van der Waals surface area contributed by atoms with Crippen LogP contribution in [-0.2, 0) is 0 Å². The quantitative estimate of drug-likeness (QED) is 0.741. The molecule has 1 unspecified atom stereocenters. The Morgan fingerprint density at radius 3 is 2.77 bits per heavy atom. The second-order valence-electron chi connectivity index (χ2n) is 2.87. The third-order valence-electron chi connectivity index (χ3n) is 2.06. The zero-order valence-electron chi connectivity index (χ0n) is 6.95. The lowest BCUT2D eigenvalue weighted by atomic mass is 10.2. The van der Waals surface area contributed by atoms with Crippen molar-refractivity contribution < 1.29 is 0 Å². The number of aromatic nitrogens is 1. The van der Waals surface area contributed by atoms with E-state index in [4.69, 9.17) is 0 Å². The molecule has 0 aliphatic rings. The Balaban J connectivity index is 2.57. The van der Waals surface area contributed by atoms with Gasteiger partial charge in [0.15, 0.2) is 0 Å². The molecule has 1 nitrogen and oxygen atoms in total. The summed E-state index contributed by atoms with van der Waals surface area (Å²) in [4.78, 5) is 0.326. The van der Waals surface area contributed by atoms with Gasteiger partial charge in [-0.1, -0.05) is 50.1 Å². The van der Waals surface area contributed by atoms with Crippen molar-refractivity contribution in [3.05, 3.63) is 36.5 Å². The van der Waals surface area contributed by atoms with E-state index in [2.05, 4.69) is 73.0 Å². The molecule has 1 aromatic heterocycles. The van der Waals surface area contributed by atoms with Gasteiger partial charge in [0.25, 0.3) is 0 Å². The number of halogens is 2. The van der Waals surface area contributed by atoms with Crippen molar-refractivity contribution in [1.82, 2.24) is 4.57 Å². The molecule has 1 atom stereocenters. The second kappa shape index (κ2) is 3.84. The fraction of sp³-hybridized carbons (Fsp3) is 0.200. The van der Waals surface area contributed by atoms with E-state index in [1.54, 1.807) is 0 Å². The van der Waals surface area contributed by atoms with Gasteiger partial charge in [0, 0.05) is 17.0 Å². The Kier molecular flexibility index (Phi) is 2.74. The predicted molar refractivity (Wildman–Crippen MR) is 63.7 cm³/mol. The van der Waals surface area contributed by atoms with Crippen LogP contribution in [0.4, 0.5) is 0 Å². The van der Waals surface area contributed by atoms with Crippen molar-refractivity contribution in [2.24, 2.45) is 0 Å². The van der Waals surface area contributed by atoms with E-state index in [0.717, 1.165) is 5.33 Å². The molecule has 0 fully saturated rings. The van der Waals surface area contributed by atoms with Crippen LogP contribution in [0.5, 0.6) is 0 Å². The van der Waals surface area contributed by atoms with Crippen LogP contribution in [0, 0.1) is 0 Å². The van der Waals surface area contributed by atoms with Gasteiger partial charge in [-0.25, -0.2) is 0 Å². The molecule has 2 rings (SSSR count). The largest absolute Gasteiger partial charge is 0.333 e. The molecule has 0 amide bonds. The van der Waals surface area contributed by atoms with Crippen LogP contribution in [0.15, 0.2) is 36.5 Å². The zero-order chi connectivity index (χ0) is 9.26. The maximum atomic E-state index is 3.60. The van der Waals surface area contributed by atoms with Gasteiger partial charge >= 0.3 is 0 Å². The van der Waals surface area contributed by atoms with Gasteiger partial charge in [0.05, 0.1) is 4.95 Å². The van der Waals surface area contributed by atoms with E-state index in [1.807, 2.05) is 0 Å². The van der Waals surface area contributed by atoms with Crippen LogP contribution in [0.2, 0.25) is 0 Å². The highest BCUT2D eigenvalue weighted by Crippen LogP contribution is 2.24. The summed E-state index contributed by atoms with van der Waals surface area (Å²) in [5.74, 6) is 0. The number of alkyl halides is 2. The van der Waals surface area contributed by atoms with Crippen LogP contribution < -0.4 is 0 Å². The number of hydrogen-bond donors (Lipinski definition) is 0. The van der Waals surface area contributed by atoms with Crippen LogP contribution in [0.1, 0.15) is 4.95 Å². The van der Waals surface area contributed by atoms with Gasteiger partial charge in [0.2, 0.25) is 0 Å². The zero-order valence-corrected chi connectivity index (χ0v) is 10.1. The molecule has 3 heteroatoms. The van der Waals surface area contributed by atoms with Gasteiger partial charge in [-0.3, -0.25) is 0 Å². The van der Waals surface area contributed by atoms with E-state index < -0.39 is 0 Å². The highest BCUT2D eigenvalue weighted by atomic mass is 79.9. The standard InChI is InChI=1S/C10H9Br2N/c11-7-10(12)13-6-5-8-3-1-2-4-9(8)13/h1-6,10H,7H2. The summed E-state index contributed by atoms with van der Waals surface area (Å²) in [5, 5.41) is 2.19. The van der Waals surface area contributed by atoms with E-state index in [0.29, 0.717) is 4.95 Å². The predicted octanol–water partition coefficient (Wildman–Crippen LogP) is 3.93. The number of nitrogens with zero attached hydrogens (tertiary/aromatic N) is 1. The summed E-state index contributed by atoms with van der Waals surface area (Å²) in [6.07, 6.45) is 2.10. The lowest BCUT2D eigenvalue weighted by Gasteiger charge is -2.09. The summed E-state index contributed by atoms with van der Waals surface area (Å²) >= 11 is 7.06. The maximum Gasteiger partial charge on any atom is 0.0985 e. The molecule has 1 heterocycles. The van der Waals surface area contributed by atoms with Crippen molar-refractivity contribution in [2.45, 2.75) is 4.95 Å². The summed E-state index contributed by atoms with van der Waals surface area (Å²) in [5.41, 5.74) is 1.27. The average molecular weight is 303 g/mol. The molecule has 0 bridgehead atoms. The molecule has 0 N–H and O–H groups in total. The molecule has 0 spiro atoms. The smallest absolute Gasteiger partial charge is 0.0985 e. The lowest BCUT2D eigenvalue weighted by Crippen LogP contribution is -2.00. The maximum absolute atomic E-state index is 3.60. The van der Waals surface area contributed by atoms with Gasteiger partial charge in [-0.15, -0.1) is 0 Å². The van der Waals surface area contributed by atoms with Crippen molar-refractivity contribution in [3.8, 4) is 0 Å². The highest BCUT2D eigenvalue weighted by molar-refractivity contribution is 9.11. The molecule has 0 saturated carbocycles. The Morgan fingerprint density at radius 2 is 2.00 bits per heavy atom. The third-order valence-corrected chi connectivity index (χ3v) is 4.31. The summed E-state index contributed by atoms with van der Waals surface area (Å²) in [6.45, 7) is 0. The van der Waals surface area contributed by atoms with E-state index in [1.165, 1.54) is 10.9 Å². The number of rotatable bonds is 2. The topological polar surface area (TPSA) is 4.93 Å². The monoisotopic (exact) mass is 301 g/mol. The first-order valence-electron chi connectivity index (χ1n) is 4.08. The van der Waals surface area contributed by atoms with Gasteiger partial charge < -0.3 is 4.57 Å². The minimum atomic E-state index is 0.326. The first kappa shape index (κ1) is 9.28. The van der Waals surface area contributed by atoms with E-state index in [9.17, 15) is 0 Å². The average Bonchev–Trinajstić information content (AvgIpc) is 2.60. The van der Waals surface area contributed by atoms with Crippen LogP contribution in [0.25, 0.3) is 10.9 Å². The summed E-state index contributed by atoms with van der Waals surface area (Å²) < 4.78 is 2.21. The number of benzene rings is 1. The van der Waals surface area contributed by atoms with Crippen molar-refractivity contribution in [2.75, 3.05) is 5.33 Å². The SMILES string of the molecule is BrCC(Br)n1ccc2ccccc21. The van der Waals surface area contributed by atoms with Crippen molar-refractivity contribution >= 4 is 42.8 Å². The normalized spacial score (nSPS) is 13.4. The number of hydrogen-bond acceptors (Lipinski definition) is 0. The summed E-state index contributed by atoms with van der Waals surface area (Å²) in [6, 6.07) is 10.5. The first-order valence-corrected chi connectivity index (χ1v) is 6.12. The van der Waals surface area contributed by atoms with Gasteiger partial charge in [-0.2, -0.15) is 0 Å². The molecular formula is C10H9Br2N. The molecule has 1 aromatic carbocycles. The molecule has 0 saturated heterocycles. The Morgan fingerprint density at radius 1 is 1.23 bits per heavy atom. The Bertz CT molecular complexity index is 408. The molecule has 0 radical (unpaired) electrons. The molecule has 0 aliphatic carbocycles. The van der Waals surface area contributed by atoms with Gasteiger partial charge in [-0.05, 0) is 17.5 Å². The first-order chi connectivity index (χ1) is 6.33. The molecule has 0 aliphatic heterocycles. The van der Waals surface area contributed by atoms with E-state index >= 15 is 0 Å². The Hall–Kier alpha value is -0.280. The fourth-order valence-electron chi connectivity index (χ4n) is 1.42. The molecule has 2 aromatic rings. The molecular weight excluding hydrogens is 294 g/mol. The van der Waals surface area contributed by atoms with Crippen molar-refractivity contribution in [3.63, 3.8) is 0 Å². The minimum Gasteiger partial charge on any atom is -0.333 e. The molecule has 13 heavy (non-hydrogen) atoms. The highest BCUT2D eigenvalue weighted by Gasteiger charge is 2.06. The lowest BCUT2D eigenvalue weighted by molar-refractivity contribution is 0.802. The van der Waals surface area contributed by atoms with Crippen molar-refractivity contribution in [1.29, 1.82) is 0 Å². The molecule has 68 valence electrons. The minimum absolute atomic E-state index is 0.326. The number of fused-ring (bicyclic) bond motifs is 1. The number of para-hydroxylation sites is 1. The van der Waals surface area contributed by atoms with Crippen LogP contribution in [0.3, 0.4) is 0 Å². The van der Waals surface area contributed by atoms with E-state index in [-0.39, 0.29) is 0 Å². The van der Waals surface area contributed by atoms with Gasteiger partial charge in [0.1, 0.15) is 0 Å². The second-order valence-corrected chi connectivity index (χ2v) is 4.58. The summed E-state index contributed by atoms with van der Waals surface area (Å²) in [7, 11) is 0. The van der Waals surface area contributed by atoms with Crippen LogP contribution >= 0.6 is 31.9 Å².